The number of amides is 1. The molecule has 0 spiro atoms. The van der Waals surface area contributed by atoms with E-state index in [0.29, 0.717) is 12.0 Å². The quantitative estimate of drug-likeness (QED) is 0.727. The van der Waals surface area contributed by atoms with E-state index in [9.17, 15) is 4.79 Å². The second-order valence-corrected chi connectivity index (χ2v) is 8.58. The Hall–Kier alpha value is -1.50. The minimum atomic E-state index is -0.216. The maximum Gasteiger partial charge on any atom is 0.227 e. The van der Waals surface area contributed by atoms with Crippen molar-refractivity contribution < 1.29 is 9.53 Å². The summed E-state index contributed by atoms with van der Waals surface area (Å²) in [7, 11) is 0. The van der Waals surface area contributed by atoms with Crippen LogP contribution >= 0.6 is 0 Å². The predicted molar refractivity (Wildman–Crippen MR) is 109 cm³/mol. The van der Waals surface area contributed by atoms with Gasteiger partial charge in [0.25, 0.3) is 0 Å². The fourth-order valence-electron chi connectivity index (χ4n) is 5.36. The molecule has 3 aliphatic rings. The van der Waals surface area contributed by atoms with Gasteiger partial charge in [0.15, 0.2) is 0 Å². The van der Waals surface area contributed by atoms with Crippen molar-refractivity contribution >= 4 is 5.91 Å². The Kier molecular flexibility index (Phi) is 6.60. The van der Waals surface area contributed by atoms with Crippen LogP contribution < -0.4 is 10.6 Å². The third-order valence-electron chi connectivity index (χ3n) is 7.01. The molecule has 0 aromatic carbocycles. The lowest BCUT2D eigenvalue weighted by atomic mass is 9.61. The van der Waals surface area contributed by atoms with E-state index in [2.05, 4.69) is 26.6 Å². The molecule has 2 N–H and O–H groups in total. The molecule has 6 nitrogen and oxygen atoms in total. The molecule has 2 aliphatic heterocycles. The molecular weight excluding hydrogens is 352 g/mol. The number of carbonyl (C=O) groups is 1. The highest BCUT2D eigenvalue weighted by Crippen LogP contribution is 2.46. The number of fused-ring (bicyclic) bond motifs is 1. The van der Waals surface area contributed by atoms with Crippen LogP contribution in [0.4, 0.5) is 0 Å². The second-order valence-electron chi connectivity index (χ2n) is 8.58. The molecule has 1 aromatic heterocycles. The van der Waals surface area contributed by atoms with Crippen LogP contribution in [-0.4, -0.2) is 67.8 Å². The van der Waals surface area contributed by atoms with E-state index in [-0.39, 0.29) is 11.3 Å². The van der Waals surface area contributed by atoms with Crippen LogP contribution in [0.15, 0.2) is 24.4 Å². The molecule has 1 aliphatic carbocycles. The number of nitrogens with zero attached hydrogens (tertiary/aromatic N) is 2. The van der Waals surface area contributed by atoms with Crippen molar-refractivity contribution in [3.05, 3.63) is 30.1 Å². The number of aryl methyl sites for hydroxylation is 1. The summed E-state index contributed by atoms with van der Waals surface area (Å²) in [4.78, 5) is 20.2. The first-order valence-corrected chi connectivity index (χ1v) is 11.0. The van der Waals surface area contributed by atoms with E-state index >= 15 is 0 Å². The molecule has 0 radical (unpaired) electrons. The van der Waals surface area contributed by atoms with Crippen molar-refractivity contribution in [2.75, 3.05) is 45.9 Å². The van der Waals surface area contributed by atoms with Crippen LogP contribution in [-0.2, 0) is 16.0 Å². The van der Waals surface area contributed by atoms with Gasteiger partial charge < -0.3 is 15.4 Å². The summed E-state index contributed by atoms with van der Waals surface area (Å²) in [6.45, 7) is 6.39. The average Bonchev–Trinajstić information content (AvgIpc) is 2.77. The lowest BCUT2D eigenvalue weighted by molar-refractivity contribution is -0.140. The fraction of sp³-hybridized carbons (Fsp3) is 0.727. The largest absolute Gasteiger partial charge is 0.379 e. The summed E-state index contributed by atoms with van der Waals surface area (Å²) >= 11 is 0. The van der Waals surface area contributed by atoms with Gasteiger partial charge in [0.05, 0.1) is 18.6 Å². The first-order valence-electron chi connectivity index (χ1n) is 11.0. The highest BCUT2D eigenvalue weighted by molar-refractivity contribution is 5.83. The number of rotatable bonds is 6. The average molecular weight is 387 g/mol. The van der Waals surface area contributed by atoms with Crippen molar-refractivity contribution in [3.8, 4) is 0 Å². The van der Waals surface area contributed by atoms with E-state index in [4.69, 9.17) is 4.74 Å². The predicted octanol–water partition coefficient (Wildman–Crippen LogP) is 1.61. The number of hydrogen-bond acceptors (Lipinski definition) is 5. The molecule has 0 unspecified atom stereocenters. The number of morpholine rings is 1. The van der Waals surface area contributed by atoms with Gasteiger partial charge in [-0.2, -0.15) is 0 Å². The van der Waals surface area contributed by atoms with Gasteiger partial charge in [-0.05, 0) is 63.1 Å². The monoisotopic (exact) mass is 386 g/mol. The molecule has 154 valence electrons. The van der Waals surface area contributed by atoms with Gasteiger partial charge in [0.1, 0.15) is 0 Å². The Morgan fingerprint density at radius 3 is 3.04 bits per heavy atom. The highest BCUT2D eigenvalue weighted by Gasteiger charge is 2.50. The van der Waals surface area contributed by atoms with E-state index in [1.807, 2.05) is 18.3 Å². The molecule has 6 heteroatoms. The van der Waals surface area contributed by atoms with Crippen LogP contribution in [0, 0.1) is 11.3 Å². The van der Waals surface area contributed by atoms with Crippen molar-refractivity contribution in [3.63, 3.8) is 0 Å². The number of pyridine rings is 1. The lowest BCUT2D eigenvalue weighted by Gasteiger charge is -2.50. The SMILES string of the molecule is O=C(NCCCc1ccccn1)[C@@]12CC[C@@H](N3CCOCC3)C[C@H]1CCNC2. The second kappa shape index (κ2) is 9.33. The van der Waals surface area contributed by atoms with E-state index in [1.54, 1.807) is 0 Å². The van der Waals surface area contributed by atoms with Gasteiger partial charge >= 0.3 is 0 Å². The van der Waals surface area contributed by atoms with E-state index in [0.717, 1.165) is 90.2 Å². The molecule has 1 aromatic rings. The van der Waals surface area contributed by atoms with Gasteiger partial charge in [0, 0.05) is 44.1 Å². The molecule has 1 amide bonds. The third-order valence-corrected chi connectivity index (χ3v) is 7.01. The summed E-state index contributed by atoms with van der Waals surface area (Å²) in [5.74, 6) is 0.761. The topological polar surface area (TPSA) is 66.5 Å². The first-order chi connectivity index (χ1) is 13.8. The lowest BCUT2D eigenvalue weighted by Crippen LogP contribution is -2.60. The standard InChI is InChI=1S/C22H34N4O2/c27-21(25-10-3-5-19-4-1-2-9-24-19)22-8-6-20(26-12-14-28-15-13-26)16-18(22)7-11-23-17-22/h1-2,4,9,18,20,23H,3,5-8,10-17H2,(H,25,27)/t18-,20-,22-/m1/s1. The minimum absolute atomic E-state index is 0.216. The minimum Gasteiger partial charge on any atom is -0.379 e. The Labute approximate surface area is 168 Å². The smallest absolute Gasteiger partial charge is 0.227 e. The van der Waals surface area contributed by atoms with Gasteiger partial charge in [-0.25, -0.2) is 0 Å². The van der Waals surface area contributed by atoms with Crippen molar-refractivity contribution in [1.29, 1.82) is 0 Å². The van der Waals surface area contributed by atoms with E-state index in [1.165, 1.54) is 0 Å². The van der Waals surface area contributed by atoms with Crippen LogP contribution in [0.5, 0.6) is 0 Å². The normalized spacial score (nSPS) is 31.1. The summed E-state index contributed by atoms with van der Waals surface area (Å²) in [5, 5.41) is 6.78. The summed E-state index contributed by atoms with van der Waals surface area (Å²) < 4.78 is 5.52. The van der Waals surface area contributed by atoms with Crippen molar-refractivity contribution in [2.45, 2.75) is 44.6 Å². The number of nitrogens with one attached hydrogen (secondary N) is 2. The fourth-order valence-corrected chi connectivity index (χ4v) is 5.36. The maximum absolute atomic E-state index is 13.2. The van der Waals surface area contributed by atoms with Gasteiger partial charge in [0.2, 0.25) is 5.91 Å². The number of ether oxygens (including phenoxy) is 1. The number of piperidine rings is 1. The summed E-state index contributed by atoms with van der Waals surface area (Å²) in [5.41, 5.74) is 0.879. The van der Waals surface area contributed by atoms with Gasteiger partial charge in [-0.1, -0.05) is 6.07 Å². The molecule has 28 heavy (non-hydrogen) atoms. The maximum atomic E-state index is 13.2. The highest BCUT2D eigenvalue weighted by atomic mass is 16.5. The molecule has 1 saturated carbocycles. The Morgan fingerprint density at radius 1 is 1.32 bits per heavy atom. The Balaban J connectivity index is 1.31. The van der Waals surface area contributed by atoms with Crippen LogP contribution in [0.25, 0.3) is 0 Å². The van der Waals surface area contributed by atoms with Crippen LogP contribution in [0.2, 0.25) is 0 Å². The first kappa shape index (κ1) is 19.8. The molecule has 0 bridgehead atoms. The molecule has 2 saturated heterocycles. The molecular formula is C22H34N4O2. The number of hydrogen-bond donors (Lipinski definition) is 2. The molecule has 3 fully saturated rings. The third kappa shape index (κ3) is 4.39. The Bertz CT molecular complexity index is 635. The van der Waals surface area contributed by atoms with Gasteiger partial charge in [-0.3, -0.25) is 14.7 Å². The van der Waals surface area contributed by atoms with Gasteiger partial charge in [-0.15, -0.1) is 0 Å². The number of carbonyl (C=O) groups excluding carboxylic acids is 1. The zero-order valence-electron chi connectivity index (χ0n) is 16.9. The van der Waals surface area contributed by atoms with E-state index < -0.39 is 0 Å². The zero-order valence-corrected chi connectivity index (χ0v) is 16.9. The van der Waals surface area contributed by atoms with Crippen molar-refractivity contribution in [2.24, 2.45) is 11.3 Å². The molecule has 3 atom stereocenters. The summed E-state index contributed by atoms with van der Waals surface area (Å²) in [6, 6.07) is 6.63. The van der Waals surface area contributed by atoms with Crippen LogP contribution in [0.1, 0.15) is 37.8 Å². The summed E-state index contributed by atoms with van der Waals surface area (Å²) in [6.07, 6.45) is 8.07. The zero-order chi connectivity index (χ0) is 19.2. The molecule has 4 rings (SSSR count). The van der Waals surface area contributed by atoms with Crippen LogP contribution in [0.3, 0.4) is 0 Å². The van der Waals surface area contributed by atoms with Crippen molar-refractivity contribution in [1.82, 2.24) is 20.5 Å². The molecule has 3 heterocycles. The Morgan fingerprint density at radius 2 is 2.21 bits per heavy atom. The number of aromatic nitrogens is 1.